The van der Waals surface area contributed by atoms with E-state index in [1.807, 2.05) is 13.1 Å². The highest BCUT2D eigenvalue weighted by Crippen LogP contribution is 2.35. The van der Waals surface area contributed by atoms with Crippen LogP contribution in [-0.2, 0) is 0 Å². The summed E-state index contributed by atoms with van der Waals surface area (Å²) in [6.45, 7) is 0.838. The molecule has 23 heavy (non-hydrogen) atoms. The Balaban J connectivity index is 1.81. The average Bonchev–Trinajstić information content (AvgIpc) is 3.35. The van der Waals surface area contributed by atoms with Gasteiger partial charge in [0.15, 0.2) is 0 Å². The van der Waals surface area contributed by atoms with Crippen molar-refractivity contribution in [1.82, 2.24) is 10.3 Å². The third-order valence-corrected chi connectivity index (χ3v) is 4.60. The van der Waals surface area contributed by atoms with Crippen molar-refractivity contribution in [1.29, 1.82) is 0 Å². The molecular formula is C17H18ClN3O2. The molecular weight excluding hydrogens is 314 g/mol. The van der Waals surface area contributed by atoms with Gasteiger partial charge in [-0.1, -0.05) is 23.7 Å². The zero-order chi connectivity index (χ0) is 16.4. The van der Waals surface area contributed by atoms with Crippen LogP contribution in [0.4, 0.5) is 5.69 Å². The number of carboxylic acid groups (broad SMARTS) is 1. The number of hydrogen-bond donors (Lipinski definition) is 3. The second kappa shape index (κ2) is 6.18. The van der Waals surface area contributed by atoms with Crippen LogP contribution in [0.3, 0.4) is 0 Å². The Morgan fingerprint density at radius 1 is 1.35 bits per heavy atom. The van der Waals surface area contributed by atoms with Crippen LogP contribution >= 0.6 is 11.6 Å². The molecule has 0 radical (unpaired) electrons. The van der Waals surface area contributed by atoms with Crippen LogP contribution < -0.4 is 10.6 Å². The first-order valence-electron chi connectivity index (χ1n) is 7.45. The molecule has 1 fully saturated rings. The summed E-state index contributed by atoms with van der Waals surface area (Å²) >= 11 is 6.20. The first kappa shape index (κ1) is 15.8. The predicted molar refractivity (Wildman–Crippen MR) is 91.2 cm³/mol. The van der Waals surface area contributed by atoms with Gasteiger partial charge in [-0.3, -0.25) is 0 Å². The second-order valence-electron chi connectivity index (χ2n) is 5.83. The Kier molecular flexibility index (Phi) is 4.24. The average molecular weight is 332 g/mol. The van der Waals surface area contributed by atoms with E-state index in [4.69, 9.17) is 16.7 Å². The first-order valence-corrected chi connectivity index (χ1v) is 7.83. The van der Waals surface area contributed by atoms with E-state index in [9.17, 15) is 4.79 Å². The van der Waals surface area contributed by atoms with Gasteiger partial charge in [0.2, 0.25) is 0 Å². The molecule has 0 atom stereocenters. The van der Waals surface area contributed by atoms with Crippen LogP contribution in [0, 0.1) is 0 Å². The molecule has 2 aromatic rings. The zero-order valence-electron chi connectivity index (χ0n) is 12.8. The summed E-state index contributed by atoms with van der Waals surface area (Å²) in [5, 5.41) is 16.1. The van der Waals surface area contributed by atoms with E-state index in [0.717, 1.165) is 23.4 Å². The van der Waals surface area contributed by atoms with E-state index in [1.54, 1.807) is 30.5 Å². The van der Waals surface area contributed by atoms with Gasteiger partial charge in [0, 0.05) is 17.6 Å². The number of aromatic carboxylic acids is 1. The van der Waals surface area contributed by atoms with Crippen LogP contribution in [0.2, 0.25) is 5.15 Å². The van der Waals surface area contributed by atoms with Crippen LogP contribution in [0.25, 0.3) is 11.1 Å². The molecule has 0 amide bonds. The van der Waals surface area contributed by atoms with Gasteiger partial charge in [0.25, 0.3) is 0 Å². The molecule has 1 aliphatic rings. The van der Waals surface area contributed by atoms with Crippen molar-refractivity contribution >= 4 is 23.3 Å². The lowest BCUT2D eigenvalue weighted by Gasteiger charge is -2.16. The molecule has 3 N–H and O–H groups in total. The molecule has 1 saturated carbocycles. The number of aromatic nitrogens is 1. The molecule has 0 aliphatic heterocycles. The van der Waals surface area contributed by atoms with Crippen LogP contribution in [0.15, 0.2) is 36.5 Å². The van der Waals surface area contributed by atoms with Gasteiger partial charge >= 0.3 is 5.97 Å². The molecule has 6 heteroatoms. The number of hydrogen-bond acceptors (Lipinski definition) is 4. The number of anilines is 1. The fraction of sp³-hybridized carbons (Fsp3) is 0.294. The van der Waals surface area contributed by atoms with Crippen molar-refractivity contribution in [3.8, 4) is 11.1 Å². The lowest BCUT2D eigenvalue weighted by molar-refractivity contribution is 0.0697. The number of carboxylic acids is 1. The number of carbonyl (C=O) groups is 1. The number of nitrogens with zero attached hydrogens (tertiary/aromatic N) is 1. The van der Waals surface area contributed by atoms with E-state index in [0.29, 0.717) is 5.15 Å². The highest BCUT2D eigenvalue weighted by molar-refractivity contribution is 6.32. The Morgan fingerprint density at radius 2 is 2.04 bits per heavy atom. The van der Waals surface area contributed by atoms with E-state index in [2.05, 4.69) is 15.6 Å². The Bertz CT molecular complexity index is 727. The Labute approximate surface area is 139 Å². The molecule has 0 bridgehead atoms. The normalized spacial score (nSPS) is 15.2. The second-order valence-corrected chi connectivity index (χ2v) is 6.19. The van der Waals surface area contributed by atoms with Crippen molar-refractivity contribution in [3.05, 3.63) is 47.2 Å². The summed E-state index contributed by atoms with van der Waals surface area (Å²) in [7, 11) is 1.98. The van der Waals surface area contributed by atoms with Crippen molar-refractivity contribution in [2.24, 2.45) is 0 Å². The molecule has 1 aromatic heterocycles. The molecule has 0 spiro atoms. The molecule has 0 saturated heterocycles. The molecule has 1 heterocycles. The minimum absolute atomic E-state index is 0.197. The van der Waals surface area contributed by atoms with Crippen molar-refractivity contribution in [2.75, 3.05) is 18.9 Å². The molecule has 1 aromatic carbocycles. The van der Waals surface area contributed by atoms with E-state index in [1.165, 1.54) is 12.8 Å². The topological polar surface area (TPSA) is 74.2 Å². The summed E-state index contributed by atoms with van der Waals surface area (Å²) in [6.07, 6.45) is 4.05. The molecule has 0 unspecified atom stereocenters. The SMILES string of the molecule is CNC1(CNc2cnc(Cl)c(-c3ccc(C(=O)O)cc3)c2)CC1. The van der Waals surface area contributed by atoms with Crippen molar-refractivity contribution in [2.45, 2.75) is 18.4 Å². The number of nitrogens with one attached hydrogen (secondary N) is 2. The van der Waals surface area contributed by atoms with Crippen molar-refractivity contribution in [3.63, 3.8) is 0 Å². The third kappa shape index (κ3) is 3.46. The Morgan fingerprint density at radius 3 is 2.61 bits per heavy atom. The maximum absolute atomic E-state index is 10.9. The Hall–Kier alpha value is -2.11. The van der Waals surface area contributed by atoms with Gasteiger partial charge in [0.05, 0.1) is 17.4 Å². The van der Waals surface area contributed by atoms with E-state index in [-0.39, 0.29) is 11.1 Å². The van der Waals surface area contributed by atoms with Gasteiger partial charge in [-0.15, -0.1) is 0 Å². The summed E-state index contributed by atoms with van der Waals surface area (Å²) in [4.78, 5) is 15.2. The monoisotopic (exact) mass is 331 g/mol. The number of benzene rings is 1. The number of rotatable bonds is 6. The quantitative estimate of drug-likeness (QED) is 0.708. The number of likely N-dealkylation sites (N-methyl/N-ethyl adjacent to an activating group) is 1. The summed E-state index contributed by atoms with van der Waals surface area (Å²) in [5.74, 6) is -0.946. The molecule has 3 rings (SSSR count). The fourth-order valence-electron chi connectivity index (χ4n) is 2.48. The number of pyridine rings is 1. The lowest BCUT2D eigenvalue weighted by atomic mass is 10.1. The molecule has 5 nitrogen and oxygen atoms in total. The first-order chi connectivity index (χ1) is 11.0. The summed E-state index contributed by atoms with van der Waals surface area (Å²) in [5.41, 5.74) is 2.96. The molecule has 1 aliphatic carbocycles. The van der Waals surface area contributed by atoms with Gasteiger partial charge in [0.1, 0.15) is 5.15 Å². The van der Waals surface area contributed by atoms with Gasteiger partial charge in [-0.2, -0.15) is 0 Å². The zero-order valence-corrected chi connectivity index (χ0v) is 13.5. The lowest BCUT2D eigenvalue weighted by Crippen LogP contribution is -2.34. The fourth-order valence-corrected chi connectivity index (χ4v) is 2.69. The summed E-state index contributed by atoms with van der Waals surface area (Å²) in [6, 6.07) is 8.55. The van der Waals surface area contributed by atoms with Crippen LogP contribution in [-0.4, -0.2) is 35.2 Å². The van der Waals surface area contributed by atoms with Crippen molar-refractivity contribution < 1.29 is 9.90 Å². The highest BCUT2D eigenvalue weighted by Gasteiger charge is 2.40. The molecule has 120 valence electrons. The van der Waals surface area contributed by atoms with E-state index >= 15 is 0 Å². The summed E-state index contributed by atoms with van der Waals surface area (Å²) < 4.78 is 0. The van der Waals surface area contributed by atoms with Gasteiger partial charge < -0.3 is 15.7 Å². The van der Waals surface area contributed by atoms with Crippen LogP contribution in [0.5, 0.6) is 0 Å². The van der Waals surface area contributed by atoms with Crippen LogP contribution in [0.1, 0.15) is 23.2 Å². The minimum atomic E-state index is -0.946. The predicted octanol–water partition coefficient (Wildman–Crippen LogP) is 3.26. The standard InChI is InChI=1S/C17H18ClN3O2/c1-19-17(6-7-17)10-21-13-8-14(15(18)20-9-13)11-2-4-12(5-3-11)16(22)23/h2-5,8-9,19,21H,6-7,10H2,1H3,(H,22,23). The van der Waals surface area contributed by atoms with E-state index < -0.39 is 5.97 Å². The smallest absolute Gasteiger partial charge is 0.335 e. The highest BCUT2D eigenvalue weighted by atomic mass is 35.5. The van der Waals surface area contributed by atoms with Gasteiger partial charge in [-0.05, 0) is 43.7 Å². The largest absolute Gasteiger partial charge is 0.478 e. The maximum Gasteiger partial charge on any atom is 0.335 e. The van der Waals surface area contributed by atoms with Gasteiger partial charge in [-0.25, -0.2) is 9.78 Å². The number of halogens is 1. The maximum atomic E-state index is 10.9. The minimum Gasteiger partial charge on any atom is -0.478 e. The third-order valence-electron chi connectivity index (χ3n) is 4.30.